The molecule has 0 N–H and O–H groups in total. The van der Waals surface area contributed by atoms with Gasteiger partial charge in [0.05, 0.1) is 5.41 Å². The number of rotatable bonds is 4. The molecule has 16 heavy (non-hydrogen) atoms. The molecule has 0 aromatic heterocycles. The molecule has 0 atom stereocenters. The van der Waals surface area contributed by atoms with E-state index in [-0.39, 0.29) is 11.4 Å². The van der Waals surface area contributed by atoms with Gasteiger partial charge in [-0.05, 0) is 32.8 Å². The van der Waals surface area contributed by atoms with Gasteiger partial charge in [0.15, 0.2) is 0 Å². The van der Waals surface area contributed by atoms with E-state index in [0.29, 0.717) is 6.61 Å². The van der Waals surface area contributed by atoms with E-state index < -0.39 is 0 Å². The van der Waals surface area contributed by atoms with Crippen LogP contribution in [-0.4, -0.2) is 5.97 Å². The monoisotopic (exact) mass is 220 g/mol. The van der Waals surface area contributed by atoms with Gasteiger partial charge in [-0.25, -0.2) is 0 Å². The van der Waals surface area contributed by atoms with Gasteiger partial charge in [0, 0.05) is 0 Å². The third-order valence-corrected chi connectivity index (χ3v) is 2.93. The Hall–Kier alpha value is -1.31. The van der Waals surface area contributed by atoms with Crippen LogP contribution in [0.5, 0.6) is 0 Å². The van der Waals surface area contributed by atoms with E-state index >= 15 is 0 Å². The van der Waals surface area contributed by atoms with Crippen LogP contribution >= 0.6 is 0 Å². The number of esters is 1. The van der Waals surface area contributed by atoms with Crippen molar-refractivity contribution in [3.63, 3.8) is 0 Å². The van der Waals surface area contributed by atoms with Gasteiger partial charge in [0.1, 0.15) is 6.61 Å². The summed E-state index contributed by atoms with van der Waals surface area (Å²) in [5.41, 5.74) is 1.86. The minimum absolute atomic E-state index is 0.129. The fourth-order valence-corrected chi connectivity index (χ4v) is 1.17. The van der Waals surface area contributed by atoms with E-state index in [0.717, 1.165) is 12.0 Å². The Morgan fingerprint density at radius 2 is 1.81 bits per heavy atom. The number of benzene rings is 1. The van der Waals surface area contributed by atoms with Gasteiger partial charge in [-0.1, -0.05) is 36.8 Å². The predicted octanol–water partition coefficient (Wildman–Crippen LogP) is 3.47. The predicted molar refractivity (Wildman–Crippen MR) is 65.0 cm³/mol. The Morgan fingerprint density at radius 1 is 1.25 bits per heavy atom. The van der Waals surface area contributed by atoms with Gasteiger partial charge in [-0.15, -0.1) is 0 Å². The summed E-state index contributed by atoms with van der Waals surface area (Å²) in [6.45, 7) is 8.21. The van der Waals surface area contributed by atoms with Gasteiger partial charge >= 0.3 is 5.97 Å². The van der Waals surface area contributed by atoms with Crippen molar-refractivity contribution in [3.05, 3.63) is 35.4 Å². The molecule has 0 aliphatic carbocycles. The Labute approximate surface area is 97.6 Å². The average Bonchev–Trinajstić information content (AvgIpc) is 2.28. The highest BCUT2D eigenvalue weighted by molar-refractivity contribution is 5.75. The zero-order valence-corrected chi connectivity index (χ0v) is 10.5. The Balaban J connectivity index is 2.52. The van der Waals surface area contributed by atoms with E-state index in [2.05, 4.69) is 0 Å². The highest BCUT2D eigenvalue weighted by Crippen LogP contribution is 2.22. The normalized spacial score (nSPS) is 11.2. The molecule has 0 amide bonds. The van der Waals surface area contributed by atoms with Crippen molar-refractivity contribution < 1.29 is 9.53 Å². The fraction of sp³-hybridized carbons (Fsp3) is 0.500. The van der Waals surface area contributed by atoms with Gasteiger partial charge < -0.3 is 4.74 Å². The van der Waals surface area contributed by atoms with Crippen LogP contribution in [0.15, 0.2) is 24.3 Å². The fourth-order valence-electron chi connectivity index (χ4n) is 1.17. The lowest BCUT2D eigenvalue weighted by molar-refractivity contribution is -0.155. The summed E-state index contributed by atoms with van der Waals surface area (Å²) in [7, 11) is 0. The molecule has 1 rings (SSSR count). The average molecular weight is 220 g/mol. The third kappa shape index (κ3) is 3.37. The van der Waals surface area contributed by atoms with Crippen LogP contribution in [0.2, 0.25) is 0 Å². The molecule has 2 nitrogen and oxygen atoms in total. The number of carbonyl (C=O) groups excluding carboxylic acids is 1. The zero-order valence-electron chi connectivity index (χ0n) is 10.5. The summed E-state index contributed by atoms with van der Waals surface area (Å²) in [5, 5.41) is 0. The van der Waals surface area contributed by atoms with Crippen molar-refractivity contribution in [3.8, 4) is 0 Å². The molecule has 0 bridgehead atoms. The second-order valence-electron chi connectivity index (χ2n) is 4.80. The van der Waals surface area contributed by atoms with Crippen LogP contribution in [0, 0.1) is 12.3 Å². The zero-order chi connectivity index (χ0) is 12.2. The molecule has 0 saturated heterocycles. The molecule has 1 aromatic rings. The number of aryl methyl sites for hydroxylation is 1. The molecule has 0 aliphatic heterocycles. The number of carbonyl (C=O) groups is 1. The van der Waals surface area contributed by atoms with Gasteiger partial charge in [0.25, 0.3) is 0 Å². The number of hydrogen-bond acceptors (Lipinski definition) is 2. The van der Waals surface area contributed by atoms with Crippen molar-refractivity contribution in [1.29, 1.82) is 0 Å². The van der Waals surface area contributed by atoms with Crippen molar-refractivity contribution >= 4 is 5.97 Å². The first-order chi connectivity index (χ1) is 7.45. The number of hydrogen-bond donors (Lipinski definition) is 0. The van der Waals surface area contributed by atoms with E-state index in [1.807, 2.05) is 52.0 Å². The first-order valence-corrected chi connectivity index (χ1v) is 5.68. The smallest absolute Gasteiger partial charge is 0.311 e. The van der Waals surface area contributed by atoms with E-state index in [1.54, 1.807) is 0 Å². The maximum Gasteiger partial charge on any atom is 0.311 e. The van der Waals surface area contributed by atoms with Crippen LogP contribution < -0.4 is 0 Å². The van der Waals surface area contributed by atoms with Crippen LogP contribution in [-0.2, 0) is 16.1 Å². The number of ether oxygens (including phenoxy) is 1. The molecule has 0 unspecified atom stereocenters. The SMILES string of the molecule is CCC(C)(C)C(=O)OCc1ccc(C)cc1. The third-order valence-electron chi connectivity index (χ3n) is 2.93. The summed E-state index contributed by atoms with van der Waals surface area (Å²) in [6.07, 6.45) is 0.791. The van der Waals surface area contributed by atoms with Crippen molar-refractivity contribution in [2.75, 3.05) is 0 Å². The maximum absolute atomic E-state index is 11.7. The summed E-state index contributed by atoms with van der Waals surface area (Å²) >= 11 is 0. The lowest BCUT2D eigenvalue weighted by Crippen LogP contribution is -2.25. The second kappa shape index (κ2) is 5.15. The summed E-state index contributed by atoms with van der Waals surface area (Å²) in [4.78, 5) is 11.7. The maximum atomic E-state index is 11.7. The summed E-state index contributed by atoms with van der Waals surface area (Å²) < 4.78 is 5.28. The standard InChI is InChI=1S/C14H20O2/c1-5-14(3,4)13(15)16-10-12-8-6-11(2)7-9-12/h6-9H,5,10H2,1-4H3. The quantitative estimate of drug-likeness (QED) is 0.726. The van der Waals surface area contributed by atoms with E-state index in [9.17, 15) is 4.79 Å². The molecule has 1 aromatic carbocycles. The van der Waals surface area contributed by atoms with Crippen molar-refractivity contribution in [2.45, 2.75) is 40.7 Å². The molecule has 0 heterocycles. The molecule has 0 fully saturated rings. The van der Waals surface area contributed by atoms with Crippen LogP contribution in [0.3, 0.4) is 0 Å². The van der Waals surface area contributed by atoms with Crippen molar-refractivity contribution in [1.82, 2.24) is 0 Å². The minimum atomic E-state index is -0.384. The van der Waals surface area contributed by atoms with Crippen LogP contribution in [0.25, 0.3) is 0 Å². The molecular weight excluding hydrogens is 200 g/mol. The molecule has 88 valence electrons. The first-order valence-electron chi connectivity index (χ1n) is 5.68. The second-order valence-corrected chi connectivity index (χ2v) is 4.80. The molecular formula is C14H20O2. The van der Waals surface area contributed by atoms with E-state index in [4.69, 9.17) is 4.74 Å². The molecule has 0 radical (unpaired) electrons. The van der Waals surface area contributed by atoms with E-state index in [1.165, 1.54) is 5.56 Å². The Morgan fingerprint density at radius 3 is 2.31 bits per heavy atom. The largest absolute Gasteiger partial charge is 0.460 e. The lowest BCUT2D eigenvalue weighted by Gasteiger charge is -2.20. The van der Waals surface area contributed by atoms with Crippen molar-refractivity contribution in [2.24, 2.45) is 5.41 Å². The Kier molecular flexibility index (Phi) is 4.11. The van der Waals surface area contributed by atoms with Crippen LogP contribution in [0.4, 0.5) is 0 Å². The minimum Gasteiger partial charge on any atom is -0.460 e. The highest BCUT2D eigenvalue weighted by atomic mass is 16.5. The summed E-state index contributed by atoms with van der Waals surface area (Å²) in [6, 6.07) is 8.02. The molecule has 0 spiro atoms. The van der Waals surface area contributed by atoms with Gasteiger partial charge in [0.2, 0.25) is 0 Å². The van der Waals surface area contributed by atoms with Gasteiger partial charge in [-0.2, -0.15) is 0 Å². The van der Waals surface area contributed by atoms with Gasteiger partial charge in [-0.3, -0.25) is 4.79 Å². The molecule has 2 heteroatoms. The molecule has 0 saturated carbocycles. The Bertz CT molecular complexity index is 350. The topological polar surface area (TPSA) is 26.3 Å². The highest BCUT2D eigenvalue weighted by Gasteiger charge is 2.26. The van der Waals surface area contributed by atoms with Crippen LogP contribution in [0.1, 0.15) is 38.3 Å². The molecule has 0 aliphatic rings. The first kappa shape index (κ1) is 12.8. The summed E-state index contributed by atoms with van der Waals surface area (Å²) in [5.74, 6) is -0.129. The lowest BCUT2D eigenvalue weighted by atomic mass is 9.91.